The van der Waals surface area contributed by atoms with Gasteiger partial charge in [-0.3, -0.25) is 4.79 Å². The molecule has 1 aromatic heterocycles. The van der Waals surface area contributed by atoms with Gasteiger partial charge in [0.15, 0.2) is 17.6 Å². The SMILES string of the molecule is COc1cc(-c2cc(C)c3cc4c(cc3n2)OC(C)C(=O)N4C)cc(O)c1OC. The van der Waals surface area contributed by atoms with Crippen molar-refractivity contribution < 1.29 is 24.1 Å². The van der Waals surface area contributed by atoms with E-state index in [0.29, 0.717) is 22.8 Å². The van der Waals surface area contributed by atoms with Crippen LogP contribution in [0.2, 0.25) is 0 Å². The maximum Gasteiger partial charge on any atom is 0.267 e. The Morgan fingerprint density at radius 2 is 1.90 bits per heavy atom. The van der Waals surface area contributed by atoms with Gasteiger partial charge in [-0.1, -0.05) is 0 Å². The molecule has 1 aliphatic rings. The van der Waals surface area contributed by atoms with Gasteiger partial charge in [0.2, 0.25) is 5.75 Å². The number of anilines is 1. The standard InChI is InChI=1S/C22H22N2O5/c1-11-6-15(13-7-18(25)21(28-5)20(8-13)27-4)23-16-10-19-17(9-14(11)16)24(3)22(26)12(2)29-19/h6-10,12,25H,1-5H3. The molecular formula is C22H22N2O5. The highest BCUT2D eigenvalue weighted by Crippen LogP contribution is 2.42. The molecule has 3 aromatic rings. The third-order valence-corrected chi connectivity index (χ3v) is 5.19. The second kappa shape index (κ2) is 6.84. The number of amides is 1. The number of nitrogens with zero attached hydrogens (tertiary/aromatic N) is 2. The maximum atomic E-state index is 12.2. The predicted molar refractivity (Wildman–Crippen MR) is 110 cm³/mol. The van der Waals surface area contributed by atoms with Gasteiger partial charge in [0.05, 0.1) is 31.1 Å². The van der Waals surface area contributed by atoms with Crippen molar-refractivity contribution in [1.29, 1.82) is 0 Å². The molecule has 0 aliphatic carbocycles. The van der Waals surface area contributed by atoms with Gasteiger partial charge in [-0.05, 0) is 43.7 Å². The molecule has 1 N–H and O–H groups in total. The summed E-state index contributed by atoms with van der Waals surface area (Å²) in [5.74, 6) is 1.21. The number of pyridine rings is 1. The van der Waals surface area contributed by atoms with Crippen molar-refractivity contribution in [2.45, 2.75) is 20.0 Å². The fourth-order valence-corrected chi connectivity index (χ4v) is 3.64. The molecule has 2 aromatic carbocycles. The van der Waals surface area contributed by atoms with Gasteiger partial charge >= 0.3 is 0 Å². The first-order chi connectivity index (χ1) is 13.8. The number of phenolic OH excluding ortho intramolecular Hbond substituents is 1. The molecule has 4 rings (SSSR count). The van der Waals surface area contributed by atoms with E-state index in [1.165, 1.54) is 14.2 Å². The number of aromatic hydroxyl groups is 1. The van der Waals surface area contributed by atoms with Gasteiger partial charge in [0, 0.05) is 24.1 Å². The van der Waals surface area contributed by atoms with Crippen LogP contribution < -0.4 is 19.1 Å². The summed E-state index contributed by atoms with van der Waals surface area (Å²) in [6.07, 6.45) is -0.544. The number of methoxy groups -OCH3 is 2. The molecule has 0 saturated carbocycles. The van der Waals surface area contributed by atoms with E-state index < -0.39 is 6.10 Å². The quantitative estimate of drug-likeness (QED) is 0.730. The summed E-state index contributed by atoms with van der Waals surface area (Å²) in [4.78, 5) is 18.6. The van der Waals surface area contributed by atoms with E-state index in [1.54, 1.807) is 31.0 Å². The number of aromatic nitrogens is 1. The zero-order valence-electron chi connectivity index (χ0n) is 16.9. The Balaban J connectivity index is 1.89. The van der Waals surface area contributed by atoms with E-state index in [9.17, 15) is 9.90 Å². The molecule has 1 unspecified atom stereocenters. The lowest BCUT2D eigenvalue weighted by Gasteiger charge is -2.30. The number of benzene rings is 2. The van der Waals surface area contributed by atoms with Crippen LogP contribution in [-0.2, 0) is 4.79 Å². The lowest BCUT2D eigenvalue weighted by Crippen LogP contribution is -2.41. The highest BCUT2D eigenvalue weighted by atomic mass is 16.5. The topological polar surface area (TPSA) is 81.1 Å². The number of aryl methyl sites for hydroxylation is 1. The van der Waals surface area contributed by atoms with E-state index in [0.717, 1.165) is 22.2 Å². The van der Waals surface area contributed by atoms with Crippen LogP contribution >= 0.6 is 0 Å². The lowest BCUT2D eigenvalue weighted by molar-refractivity contribution is -0.125. The summed E-state index contributed by atoms with van der Waals surface area (Å²) in [5.41, 5.74) is 3.83. The minimum Gasteiger partial charge on any atom is -0.504 e. The van der Waals surface area contributed by atoms with E-state index in [2.05, 4.69) is 0 Å². The Labute approximate surface area is 168 Å². The number of phenols is 1. The largest absolute Gasteiger partial charge is 0.504 e. The second-order valence-corrected chi connectivity index (χ2v) is 7.05. The van der Waals surface area contributed by atoms with Crippen molar-refractivity contribution in [3.8, 4) is 34.3 Å². The Hall–Kier alpha value is -3.48. The van der Waals surface area contributed by atoms with Gasteiger partial charge in [-0.25, -0.2) is 4.98 Å². The molecule has 0 radical (unpaired) electrons. The number of hydrogen-bond donors (Lipinski definition) is 1. The van der Waals surface area contributed by atoms with Crippen LogP contribution in [0, 0.1) is 6.92 Å². The van der Waals surface area contributed by atoms with Crippen molar-refractivity contribution in [2.24, 2.45) is 0 Å². The molecule has 150 valence electrons. The zero-order valence-corrected chi connectivity index (χ0v) is 16.9. The van der Waals surface area contributed by atoms with Crippen LogP contribution in [0.15, 0.2) is 30.3 Å². The first-order valence-electron chi connectivity index (χ1n) is 9.19. The van der Waals surface area contributed by atoms with E-state index in [4.69, 9.17) is 19.2 Å². The number of rotatable bonds is 3. The summed E-state index contributed by atoms with van der Waals surface area (Å²) in [6.45, 7) is 3.71. The molecule has 0 bridgehead atoms. The van der Waals surface area contributed by atoms with Crippen LogP contribution in [0.25, 0.3) is 22.2 Å². The van der Waals surface area contributed by atoms with Crippen LogP contribution in [-0.4, -0.2) is 43.4 Å². The van der Waals surface area contributed by atoms with Gasteiger partial charge in [0.25, 0.3) is 5.91 Å². The minimum atomic E-state index is -0.544. The number of hydrogen-bond acceptors (Lipinski definition) is 6. The molecular weight excluding hydrogens is 372 g/mol. The van der Waals surface area contributed by atoms with Gasteiger partial charge in [0.1, 0.15) is 5.75 Å². The highest BCUT2D eigenvalue weighted by Gasteiger charge is 2.29. The molecule has 1 aliphatic heterocycles. The van der Waals surface area contributed by atoms with Crippen molar-refractivity contribution >= 4 is 22.5 Å². The molecule has 2 heterocycles. The molecule has 1 atom stereocenters. The fourth-order valence-electron chi connectivity index (χ4n) is 3.64. The van der Waals surface area contributed by atoms with Crippen molar-refractivity contribution in [3.05, 3.63) is 35.9 Å². The zero-order chi connectivity index (χ0) is 20.9. The molecule has 0 saturated heterocycles. The van der Waals surface area contributed by atoms with Crippen molar-refractivity contribution in [3.63, 3.8) is 0 Å². The number of carbonyl (C=O) groups is 1. The molecule has 7 heteroatoms. The molecule has 1 amide bonds. The van der Waals surface area contributed by atoms with E-state index in [1.807, 2.05) is 25.1 Å². The summed E-state index contributed by atoms with van der Waals surface area (Å²) in [6, 6.07) is 9.07. The molecule has 0 spiro atoms. The Kier molecular flexibility index (Phi) is 4.45. The molecule has 0 fully saturated rings. The van der Waals surface area contributed by atoms with Crippen molar-refractivity contribution in [2.75, 3.05) is 26.2 Å². The Morgan fingerprint density at radius 1 is 1.14 bits per heavy atom. The summed E-state index contributed by atoms with van der Waals surface area (Å²) in [5, 5.41) is 11.2. The summed E-state index contributed by atoms with van der Waals surface area (Å²) >= 11 is 0. The van der Waals surface area contributed by atoms with Crippen LogP contribution in [0.3, 0.4) is 0 Å². The average Bonchev–Trinajstić information content (AvgIpc) is 2.70. The average molecular weight is 394 g/mol. The van der Waals surface area contributed by atoms with Crippen LogP contribution in [0.1, 0.15) is 12.5 Å². The van der Waals surface area contributed by atoms with Crippen LogP contribution in [0.4, 0.5) is 5.69 Å². The first kappa shape index (κ1) is 18.9. The molecule has 7 nitrogen and oxygen atoms in total. The maximum absolute atomic E-state index is 12.2. The van der Waals surface area contributed by atoms with Gasteiger partial charge in [-0.2, -0.15) is 0 Å². The third-order valence-electron chi connectivity index (χ3n) is 5.19. The monoisotopic (exact) mass is 394 g/mol. The normalized spacial score (nSPS) is 15.8. The minimum absolute atomic E-state index is 0.0239. The highest BCUT2D eigenvalue weighted by molar-refractivity contribution is 6.02. The van der Waals surface area contributed by atoms with Gasteiger partial charge in [-0.15, -0.1) is 0 Å². The Morgan fingerprint density at radius 3 is 2.59 bits per heavy atom. The number of likely N-dealkylation sites (N-methyl/N-ethyl adjacent to an activating group) is 1. The number of ether oxygens (including phenoxy) is 3. The third kappa shape index (κ3) is 2.99. The second-order valence-electron chi connectivity index (χ2n) is 7.05. The molecule has 29 heavy (non-hydrogen) atoms. The predicted octanol–water partition coefficient (Wildman–Crippen LogP) is 3.68. The van der Waals surface area contributed by atoms with E-state index in [-0.39, 0.29) is 17.4 Å². The van der Waals surface area contributed by atoms with Crippen molar-refractivity contribution in [1.82, 2.24) is 4.98 Å². The van der Waals surface area contributed by atoms with Gasteiger partial charge < -0.3 is 24.2 Å². The number of carbonyl (C=O) groups excluding carboxylic acids is 1. The van der Waals surface area contributed by atoms with Crippen LogP contribution in [0.5, 0.6) is 23.0 Å². The first-order valence-corrected chi connectivity index (χ1v) is 9.19. The van der Waals surface area contributed by atoms with E-state index >= 15 is 0 Å². The fraction of sp³-hybridized carbons (Fsp3) is 0.273. The smallest absolute Gasteiger partial charge is 0.267 e. The lowest BCUT2D eigenvalue weighted by atomic mass is 10.0. The number of fused-ring (bicyclic) bond motifs is 2. The Bertz CT molecular complexity index is 1140. The summed E-state index contributed by atoms with van der Waals surface area (Å²) in [7, 11) is 4.74. The summed E-state index contributed by atoms with van der Waals surface area (Å²) < 4.78 is 16.3.